The molecule has 174 valence electrons. The molecule has 0 aromatic heterocycles. The maximum Gasteiger partial charge on any atom is 0.407 e. The molecule has 1 aliphatic carbocycles. The number of benzene rings is 2. The van der Waals surface area contributed by atoms with Crippen LogP contribution in [0.1, 0.15) is 49.7 Å². The van der Waals surface area contributed by atoms with E-state index in [0.717, 1.165) is 35.1 Å². The first kappa shape index (κ1) is 22.8. The van der Waals surface area contributed by atoms with Crippen LogP contribution in [0.3, 0.4) is 0 Å². The minimum absolute atomic E-state index is 0.0311. The van der Waals surface area contributed by atoms with Crippen LogP contribution in [-0.4, -0.2) is 53.7 Å². The van der Waals surface area contributed by atoms with Crippen molar-refractivity contribution in [3.8, 4) is 11.1 Å². The number of carboxylic acid groups (broad SMARTS) is 1. The van der Waals surface area contributed by atoms with Gasteiger partial charge in [0.2, 0.25) is 5.91 Å². The lowest BCUT2D eigenvalue weighted by Crippen LogP contribution is -2.51. The summed E-state index contributed by atoms with van der Waals surface area (Å²) >= 11 is 0. The van der Waals surface area contributed by atoms with Crippen molar-refractivity contribution in [2.45, 2.75) is 44.6 Å². The third-order valence-electron chi connectivity index (χ3n) is 6.75. The number of nitrogens with one attached hydrogen (secondary N) is 1. The fraction of sp³-hybridized carbons (Fsp3) is 0.423. The topological polar surface area (TPSA) is 95.9 Å². The Labute approximate surface area is 193 Å². The van der Waals surface area contributed by atoms with Crippen molar-refractivity contribution >= 4 is 18.0 Å². The molecular formula is C26H30N2O5. The van der Waals surface area contributed by atoms with Crippen molar-refractivity contribution in [2.24, 2.45) is 5.92 Å². The second-order valence-corrected chi connectivity index (χ2v) is 8.69. The van der Waals surface area contributed by atoms with Crippen LogP contribution in [-0.2, 0) is 14.3 Å². The van der Waals surface area contributed by atoms with Crippen molar-refractivity contribution in [3.05, 3.63) is 59.7 Å². The smallest absolute Gasteiger partial charge is 0.407 e. The number of amides is 2. The number of hydrogen-bond donors (Lipinski definition) is 2. The molecule has 2 aromatic rings. The van der Waals surface area contributed by atoms with E-state index in [2.05, 4.69) is 29.6 Å². The lowest BCUT2D eigenvalue weighted by Gasteiger charge is -2.35. The summed E-state index contributed by atoms with van der Waals surface area (Å²) < 4.78 is 5.55. The summed E-state index contributed by atoms with van der Waals surface area (Å²) in [4.78, 5) is 38.4. The van der Waals surface area contributed by atoms with Crippen LogP contribution in [0, 0.1) is 5.92 Å². The van der Waals surface area contributed by atoms with E-state index in [0.29, 0.717) is 19.4 Å². The Morgan fingerprint density at radius 3 is 2.30 bits per heavy atom. The molecule has 1 fully saturated rings. The number of carbonyl (C=O) groups excluding carboxylic acids is 2. The van der Waals surface area contributed by atoms with Crippen LogP contribution in [0.25, 0.3) is 11.1 Å². The molecule has 0 spiro atoms. The number of hydrogen-bond acceptors (Lipinski definition) is 4. The van der Waals surface area contributed by atoms with Gasteiger partial charge in [0, 0.05) is 19.0 Å². The van der Waals surface area contributed by atoms with Gasteiger partial charge in [0.15, 0.2) is 0 Å². The van der Waals surface area contributed by atoms with Crippen LogP contribution in [0.15, 0.2) is 48.5 Å². The predicted octanol–water partition coefficient (Wildman–Crippen LogP) is 4.02. The monoisotopic (exact) mass is 450 g/mol. The van der Waals surface area contributed by atoms with Crippen molar-refractivity contribution in [1.82, 2.24) is 10.2 Å². The Hall–Kier alpha value is -3.35. The van der Waals surface area contributed by atoms with Crippen molar-refractivity contribution in [1.29, 1.82) is 0 Å². The van der Waals surface area contributed by atoms with Crippen LogP contribution >= 0.6 is 0 Å². The zero-order valence-electron chi connectivity index (χ0n) is 18.8. The minimum Gasteiger partial charge on any atom is -0.480 e. The Balaban J connectivity index is 1.35. The summed E-state index contributed by atoms with van der Waals surface area (Å²) in [5, 5.41) is 12.2. The summed E-state index contributed by atoms with van der Waals surface area (Å²) in [5.74, 6) is -1.70. The summed E-state index contributed by atoms with van der Waals surface area (Å²) in [6, 6.07) is 15.5. The van der Waals surface area contributed by atoms with E-state index in [1.54, 1.807) is 0 Å². The number of aliphatic carboxylic acids is 1. The Bertz CT molecular complexity index is 991. The van der Waals surface area contributed by atoms with E-state index < -0.39 is 24.0 Å². The van der Waals surface area contributed by atoms with Crippen LogP contribution in [0.2, 0.25) is 0 Å². The molecule has 0 saturated carbocycles. The molecule has 2 aliphatic rings. The fourth-order valence-electron chi connectivity index (χ4n) is 4.95. The normalized spacial score (nSPS) is 18.2. The lowest BCUT2D eigenvalue weighted by molar-refractivity contribution is -0.153. The third-order valence-corrected chi connectivity index (χ3v) is 6.75. The maximum atomic E-state index is 13.0. The first-order chi connectivity index (χ1) is 16.0. The lowest BCUT2D eigenvalue weighted by atomic mass is 9.97. The summed E-state index contributed by atoms with van der Waals surface area (Å²) in [6.45, 7) is 2.63. The molecule has 7 heteroatoms. The first-order valence-electron chi connectivity index (χ1n) is 11.6. The molecular weight excluding hydrogens is 420 g/mol. The molecule has 1 aliphatic heterocycles. The van der Waals surface area contributed by atoms with Crippen molar-refractivity contribution in [2.75, 3.05) is 19.7 Å². The summed E-state index contributed by atoms with van der Waals surface area (Å²) in [6.07, 6.45) is 2.00. The number of piperidine rings is 1. The van der Waals surface area contributed by atoms with E-state index in [4.69, 9.17) is 4.74 Å². The highest BCUT2D eigenvalue weighted by Gasteiger charge is 2.35. The second kappa shape index (κ2) is 10.1. The Morgan fingerprint density at radius 1 is 1.06 bits per heavy atom. The van der Waals surface area contributed by atoms with Crippen LogP contribution in [0.5, 0.6) is 0 Å². The van der Waals surface area contributed by atoms with Crippen LogP contribution < -0.4 is 5.32 Å². The molecule has 0 bridgehead atoms. The van der Waals surface area contributed by atoms with Gasteiger partial charge in [-0.25, -0.2) is 9.59 Å². The van der Waals surface area contributed by atoms with Gasteiger partial charge in [-0.1, -0.05) is 55.5 Å². The number of carbonyl (C=O) groups is 3. The fourth-order valence-corrected chi connectivity index (χ4v) is 4.95. The molecule has 1 saturated heterocycles. The molecule has 4 rings (SSSR count). The zero-order chi connectivity index (χ0) is 23.4. The highest BCUT2D eigenvalue weighted by atomic mass is 16.5. The molecule has 0 radical (unpaired) electrons. The number of alkyl carbamates (subject to hydrolysis) is 1. The average Bonchev–Trinajstić information content (AvgIpc) is 3.16. The number of carboxylic acids is 1. The zero-order valence-corrected chi connectivity index (χ0v) is 18.8. The third kappa shape index (κ3) is 4.72. The summed E-state index contributed by atoms with van der Waals surface area (Å²) in [7, 11) is 0. The van der Waals surface area contributed by atoms with E-state index in [1.807, 2.05) is 31.2 Å². The Morgan fingerprint density at radius 2 is 1.70 bits per heavy atom. The Kier molecular flexibility index (Phi) is 6.96. The van der Waals surface area contributed by atoms with Gasteiger partial charge in [0.05, 0.1) is 5.92 Å². The number of likely N-dealkylation sites (tertiary alicyclic amines) is 1. The SMILES string of the molecule is CCC(CNC(=O)OCC1c2ccccc2-c2ccccc21)C(=O)N1CCCCC1C(=O)O. The number of nitrogens with zero attached hydrogens (tertiary/aromatic N) is 1. The second-order valence-electron chi connectivity index (χ2n) is 8.69. The number of rotatable bonds is 7. The van der Waals surface area contributed by atoms with Crippen molar-refractivity contribution < 1.29 is 24.2 Å². The van der Waals surface area contributed by atoms with Gasteiger partial charge in [-0.15, -0.1) is 0 Å². The molecule has 2 aromatic carbocycles. The van der Waals surface area contributed by atoms with Gasteiger partial charge in [0.25, 0.3) is 0 Å². The van der Waals surface area contributed by atoms with Crippen molar-refractivity contribution in [3.63, 3.8) is 0 Å². The highest BCUT2D eigenvalue weighted by Crippen LogP contribution is 2.44. The molecule has 33 heavy (non-hydrogen) atoms. The number of fused-ring (bicyclic) bond motifs is 3. The number of ether oxygens (including phenoxy) is 1. The summed E-state index contributed by atoms with van der Waals surface area (Å²) in [5.41, 5.74) is 4.59. The molecule has 7 nitrogen and oxygen atoms in total. The van der Waals surface area contributed by atoms with Gasteiger partial charge in [-0.2, -0.15) is 0 Å². The van der Waals surface area contributed by atoms with Gasteiger partial charge in [-0.3, -0.25) is 4.79 Å². The average molecular weight is 451 g/mol. The maximum absolute atomic E-state index is 13.0. The first-order valence-corrected chi connectivity index (χ1v) is 11.6. The van der Waals surface area contributed by atoms with E-state index in [1.165, 1.54) is 4.90 Å². The van der Waals surface area contributed by atoms with E-state index in [9.17, 15) is 19.5 Å². The largest absolute Gasteiger partial charge is 0.480 e. The van der Waals surface area contributed by atoms with Crippen LogP contribution in [0.4, 0.5) is 4.79 Å². The quantitative estimate of drug-likeness (QED) is 0.664. The molecule has 2 atom stereocenters. The molecule has 2 N–H and O–H groups in total. The molecule has 2 amide bonds. The van der Waals surface area contributed by atoms with Gasteiger partial charge < -0.3 is 20.1 Å². The van der Waals surface area contributed by atoms with E-state index >= 15 is 0 Å². The minimum atomic E-state index is -0.970. The molecule has 1 heterocycles. The standard InChI is InChI=1S/C26H30N2O5/c1-2-17(24(29)28-14-8-7-13-23(28)25(30)31)15-27-26(32)33-16-22-20-11-5-3-9-18(20)19-10-4-6-12-21(19)22/h3-6,9-12,17,22-23H,2,7-8,13-16H2,1H3,(H,27,32)(H,30,31). The van der Waals surface area contributed by atoms with Gasteiger partial charge >= 0.3 is 12.1 Å². The highest BCUT2D eigenvalue weighted by molar-refractivity contribution is 5.86. The predicted molar refractivity (Wildman–Crippen MR) is 124 cm³/mol. The van der Waals surface area contributed by atoms with Gasteiger partial charge in [0.1, 0.15) is 12.6 Å². The molecule has 2 unspecified atom stereocenters. The van der Waals surface area contributed by atoms with Gasteiger partial charge in [-0.05, 0) is 47.9 Å². The van der Waals surface area contributed by atoms with E-state index in [-0.39, 0.29) is 25.0 Å².